The minimum Gasteiger partial charge on any atom is -0.394 e. The highest BCUT2D eigenvalue weighted by Gasteiger charge is 2.36. The third kappa shape index (κ3) is 3.53. The Bertz CT molecular complexity index is 143. The van der Waals surface area contributed by atoms with Gasteiger partial charge in [-0.25, -0.2) is 0 Å². The Morgan fingerprint density at radius 2 is 2.14 bits per heavy atom. The molecular weight excluding hydrogens is 182 g/mol. The van der Waals surface area contributed by atoms with Crippen LogP contribution in [-0.4, -0.2) is 50.7 Å². The third-order valence-corrected chi connectivity index (χ3v) is 2.80. The molecule has 0 bridgehead atoms. The normalized spacial score (nSPS) is 19.3. The fourth-order valence-electron chi connectivity index (χ4n) is 1.65. The molecule has 1 saturated carbocycles. The molecule has 0 saturated heterocycles. The van der Waals surface area contributed by atoms with E-state index in [2.05, 4.69) is 5.32 Å². The maximum Gasteiger partial charge on any atom is 0.0802 e. The van der Waals surface area contributed by atoms with Crippen LogP contribution in [0.25, 0.3) is 0 Å². The predicted octanol–water partition coefficient (Wildman–Crippen LogP) is 0.154. The van der Waals surface area contributed by atoms with E-state index in [-0.39, 0.29) is 12.2 Å². The Morgan fingerprint density at radius 3 is 2.64 bits per heavy atom. The number of hydrogen-bond acceptors (Lipinski definition) is 4. The maximum absolute atomic E-state index is 8.47. The molecule has 1 fully saturated rings. The highest BCUT2D eigenvalue weighted by Crippen LogP contribution is 2.34. The summed E-state index contributed by atoms with van der Waals surface area (Å²) in [6.07, 6.45) is 3.60. The summed E-state index contributed by atoms with van der Waals surface area (Å²) in [5.41, 5.74) is 0.0942. The van der Waals surface area contributed by atoms with Crippen LogP contribution >= 0.6 is 0 Å². The second-order valence-corrected chi connectivity index (χ2v) is 3.75. The van der Waals surface area contributed by atoms with Crippen molar-refractivity contribution in [2.24, 2.45) is 0 Å². The molecule has 0 atom stereocenters. The lowest BCUT2D eigenvalue weighted by molar-refractivity contribution is -0.0699. The van der Waals surface area contributed by atoms with Gasteiger partial charge in [0.05, 0.1) is 25.4 Å². The molecule has 4 nitrogen and oxygen atoms in total. The van der Waals surface area contributed by atoms with Gasteiger partial charge in [0.2, 0.25) is 0 Å². The third-order valence-electron chi connectivity index (χ3n) is 2.80. The summed E-state index contributed by atoms with van der Waals surface area (Å²) in [5, 5.41) is 11.8. The average molecular weight is 203 g/mol. The summed E-state index contributed by atoms with van der Waals surface area (Å²) in [5.74, 6) is 0. The molecule has 0 radical (unpaired) electrons. The summed E-state index contributed by atoms with van der Waals surface area (Å²) in [6, 6.07) is 0. The van der Waals surface area contributed by atoms with E-state index in [9.17, 15) is 0 Å². The number of aliphatic hydroxyl groups is 1. The van der Waals surface area contributed by atoms with Crippen molar-refractivity contribution in [2.75, 3.05) is 40.0 Å². The van der Waals surface area contributed by atoms with E-state index in [1.54, 1.807) is 7.11 Å². The van der Waals surface area contributed by atoms with Crippen LogP contribution in [-0.2, 0) is 9.47 Å². The molecule has 0 aromatic rings. The average Bonchev–Trinajstić information content (AvgIpc) is 2.15. The van der Waals surface area contributed by atoms with Crippen LogP contribution in [0.4, 0.5) is 0 Å². The Morgan fingerprint density at radius 1 is 1.36 bits per heavy atom. The molecule has 0 spiro atoms. The SMILES string of the molecule is COC1(CNCCOCCO)CCC1. The summed E-state index contributed by atoms with van der Waals surface area (Å²) in [4.78, 5) is 0. The summed E-state index contributed by atoms with van der Waals surface area (Å²) < 4.78 is 10.6. The molecule has 1 aliphatic rings. The van der Waals surface area contributed by atoms with Gasteiger partial charge in [0.1, 0.15) is 0 Å². The standard InChI is InChI=1S/C10H21NO3/c1-13-10(3-2-4-10)9-11-5-7-14-8-6-12/h11-12H,2-9H2,1H3. The summed E-state index contributed by atoms with van der Waals surface area (Å²) >= 11 is 0. The van der Waals surface area contributed by atoms with Gasteiger partial charge in [0.25, 0.3) is 0 Å². The van der Waals surface area contributed by atoms with Crippen molar-refractivity contribution in [3.63, 3.8) is 0 Å². The minimum absolute atomic E-state index is 0.0942. The molecule has 14 heavy (non-hydrogen) atoms. The highest BCUT2D eigenvalue weighted by atomic mass is 16.5. The lowest BCUT2D eigenvalue weighted by Crippen LogP contribution is -2.48. The fourth-order valence-corrected chi connectivity index (χ4v) is 1.65. The Balaban J connectivity index is 1.92. The van der Waals surface area contributed by atoms with Gasteiger partial charge in [-0.2, -0.15) is 0 Å². The first-order chi connectivity index (χ1) is 6.83. The van der Waals surface area contributed by atoms with Crippen molar-refractivity contribution in [1.29, 1.82) is 0 Å². The van der Waals surface area contributed by atoms with E-state index >= 15 is 0 Å². The highest BCUT2D eigenvalue weighted by molar-refractivity contribution is 4.91. The van der Waals surface area contributed by atoms with Crippen molar-refractivity contribution in [3.8, 4) is 0 Å². The fraction of sp³-hybridized carbons (Fsp3) is 1.00. The molecule has 1 aliphatic carbocycles. The number of hydrogen-bond donors (Lipinski definition) is 2. The second kappa shape index (κ2) is 6.35. The van der Waals surface area contributed by atoms with Crippen LogP contribution in [0.1, 0.15) is 19.3 Å². The van der Waals surface area contributed by atoms with E-state index in [0.29, 0.717) is 13.2 Å². The molecule has 0 aromatic carbocycles. The van der Waals surface area contributed by atoms with Crippen LogP contribution < -0.4 is 5.32 Å². The predicted molar refractivity (Wildman–Crippen MR) is 54.4 cm³/mol. The van der Waals surface area contributed by atoms with Crippen LogP contribution in [0.15, 0.2) is 0 Å². The van der Waals surface area contributed by atoms with Crippen LogP contribution in [0.2, 0.25) is 0 Å². The first-order valence-electron chi connectivity index (χ1n) is 5.27. The molecule has 2 N–H and O–H groups in total. The first kappa shape index (κ1) is 11.9. The van der Waals surface area contributed by atoms with Gasteiger partial charge in [0, 0.05) is 20.2 Å². The number of nitrogens with one attached hydrogen (secondary N) is 1. The van der Waals surface area contributed by atoms with Gasteiger partial charge >= 0.3 is 0 Å². The molecule has 0 aliphatic heterocycles. The second-order valence-electron chi connectivity index (χ2n) is 3.75. The Kier molecular flexibility index (Phi) is 5.40. The zero-order valence-electron chi connectivity index (χ0n) is 8.92. The van der Waals surface area contributed by atoms with Crippen molar-refractivity contribution >= 4 is 0 Å². The van der Waals surface area contributed by atoms with Gasteiger partial charge in [-0.3, -0.25) is 0 Å². The van der Waals surface area contributed by atoms with Gasteiger partial charge in [-0.1, -0.05) is 0 Å². The number of methoxy groups -OCH3 is 1. The maximum atomic E-state index is 8.47. The van der Waals surface area contributed by atoms with Crippen molar-refractivity contribution in [2.45, 2.75) is 24.9 Å². The molecular formula is C10H21NO3. The van der Waals surface area contributed by atoms with E-state index in [4.69, 9.17) is 14.6 Å². The van der Waals surface area contributed by atoms with Gasteiger partial charge in [0.15, 0.2) is 0 Å². The van der Waals surface area contributed by atoms with Crippen LogP contribution in [0, 0.1) is 0 Å². The summed E-state index contributed by atoms with van der Waals surface area (Å²) in [6.45, 7) is 2.91. The molecule has 0 heterocycles. The van der Waals surface area contributed by atoms with Crippen LogP contribution in [0.3, 0.4) is 0 Å². The monoisotopic (exact) mass is 203 g/mol. The zero-order chi connectivity index (χ0) is 10.3. The van der Waals surface area contributed by atoms with Crippen molar-refractivity contribution in [1.82, 2.24) is 5.32 Å². The van der Waals surface area contributed by atoms with Crippen molar-refractivity contribution in [3.05, 3.63) is 0 Å². The lowest BCUT2D eigenvalue weighted by Gasteiger charge is -2.40. The molecule has 0 unspecified atom stereocenters. The number of aliphatic hydroxyl groups excluding tert-OH is 1. The number of ether oxygens (including phenoxy) is 2. The van der Waals surface area contributed by atoms with Crippen LogP contribution in [0.5, 0.6) is 0 Å². The Hall–Kier alpha value is -0.160. The van der Waals surface area contributed by atoms with E-state index in [1.807, 2.05) is 0 Å². The van der Waals surface area contributed by atoms with E-state index in [0.717, 1.165) is 25.9 Å². The van der Waals surface area contributed by atoms with Gasteiger partial charge in [-0.05, 0) is 19.3 Å². The quantitative estimate of drug-likeness (QED) is 0.552. The van der Waals surface area contributed by atoms with Gasteiger partial charge < -0.3 is 19.9 Å². The van der Waals surface area contributed by atoms with Crippen molar-refractivity contribution < 1.29 is 14.6 Å². The first-order valence-corrected chi connectivity index (χ1v) is 5.27. The minimum atomic E-state index is 0.0942. The molecule has 4 heteroatoms. The number of rotatable bonds is 8. The molecule has 0 aromatic heterocycles. The largest absolute Gasteiger partial charge is 0.394 e. The topological polar surface area (TPSA) is 50.7 Å². The zero-order valence-corrected chi connectivity index (χ0v) is 8.92. The van der Waals surface area contributed by atoms with E-state index < -0.39 is 0 Å². The Labute approximate surface area is 85.6 Å². The summed E-state index contributed by atoms with van der Waals surface area (Å²) in [7, 11) is 1.78. The molecule has 1 rings (SSSR count). The molecule has 84 valence electrons. The molecule has 0 amide bonds. The lowest BCUT2D eigenvalue weighted by atomic mass is 9.80. The van der Waals surface area contributed by atoms with Gasteiger partial charge in [-0.15, -0.1) is 0 Å². The smallest absolute Gasteiger partial charge is 0.0802 e. The van der Waals surface area contributed by atoms with E-state index in [1.165, 1.54) is 6.42 Å².